The number of carbonyl (C=O) groups excluding carboxylic acids is 2. The Balaban J connectivity index is 1.36. The van der Waals surface area contributed by atoms with Crippen LogP contribution >= 0.6 is 0 Å². The van der Waals surface area contributed by atoms with Gasteiger partial charge in [-0.2, -0.15) is 0 Å². The number of rotatable bonds is 4. The predicted octanol–water partition coefficient (Wildman–Crippen LogP) is 1.48. The van der Waals surface area contributed by atoms with Crippen LogP contribution in [0.1, 0.15) is 51.4 Å². The lowest BCUT2D eigenvalue weighted by Gasteiger charge is -2.45. The van der Waals surface area contributed by atoms with Crippen molar-refractivity contribution >= 4 is 11.8 Å². The second-order valence-electron chi connectivity index (χ2n) is 7.92. The number of piperidine rings is 1. The third-order valence-corrected chi connectivity index (χ3v) is 6.45. The average Bonchev–Trinajstić information content (AvgIpc) is 3.21. The standard InChI is InChI=1S/C18H29N3O2/c22-16-5-6-18(21(16)14-13-19-9-1-2-10-19)7-11-20(12-8-18)17(23)15-3-4-15/h15H,1-14H2. The second-order valence-corrected chi connectivity index (χ2v) is 7.92. The van der Waals surface area contributed by atoms with E-state index < -0.39 is 0 Å². The first-order valence-electron chi connectivity index (χ1n) is 9.50. The third-order valence-electron chi connectivity index (χ3n) is 6.45. The molecular formula is C18H29N3O2. The number of hydrogen-bond donors (Lipinski definition) is 0. The maximum absolute atomic E-state index is 12.4. The van der Waals surface area contributed by atoms with Crippen molar-refractivity contribution in [2.45, 2.75) is 56.9 Å². The molecule has 0 aromatic carbocycles. The first kappa shape index (κ1) is 15.4. The van der Waals surface area contributed by atoms with Crippen LogP contribution in [0.25, 0.3) is 0 Å². The Morgan fingerprint density at radius 3 is 2.35 bits per heavy atom. The van der Waals surface area contributed by atoms with Gasteiger partial charge in [-0.15, -0.1) is 0 Å². The van der Waals surface area contributed by atoms with Crippen LogP contribution in [0.4, 0.5) is 0 Å². The highest BCUT2D eigenvalue weighted by Crippen LogP contribution is 2.40. The molecule has 1 saturated carbocycles. The SMILES string of the molecule is O=C(C1CC1)N1CCC2(CCC(=O)N2CCN2CCCC2)CC1. The zero-order valence-corrected chi connectivity index (χ0v) is 14.1. The van der Waals surface area contributed by atoms with Gasteiger partial charge in [-0.3, -0.25) is 9.59 Å². The Hall–Kier alpha value is -1.10. The third kappa shape index (κ3) is 3.00. The van der Waals surface area contributed by atoms with Crippen molar-refractivity contribution < 1.29 is 9.59 Å². The molecule has 3 aliphatic heterocycles. The van der Waals surface area contributed by atoms with Crippen LogP contribution in [0.3, 0.4) is 0 Å². The van der Waals surface area contributed by atoms with Crippen molar-refractivity contribution in [3.8, 4) is 0 Å². The second kappa shape index (κ2) is 6.08. The van der Waals surface area contributed by atoms with Crippen LogP contribution in [0, 0.1) is 5.92 Å². The van der Waals surface area contributed by atoms with Crippen molar-refractivity contribution in [1.29, 1.82) is 0 Å². The molecule has 0 radical (unpaired) electrons. The van der Waals surface area contributed by atoms with Crippen LogP contribution in [-0.4, -0.2) is 71.3 Å². The molecular weight excluding hydrogens is 290 g/mol. The van der Waals surface area contributed by atoms with E-state index in [0.717, 1.165) is 58.3 Å². The van der Waals surface area contributed by atoms with E-state index in [2.05, 4.69) is 14.7 Å². The first-order chi connectivity index (χ1) is 11.2. The smallest absolute Gasteiger partial charge is 0.225 e. The zero-order valence-electron chi connectivity index (χ0n) is 14.1. The van der Waals surface area contributed by atoms with Crippen LogP contribution in [-0.2, 0) is 9.59 Å². The van der Waals surface area contributed by atoms with Crippen molar-refractivity contribution in [1.82, 2.24) is 14.7 Å². The molecule has 0 aromatic rings. The van der Waals surface area contributed by atoms with Gasteiger partial charge in [0.2, 0.25) is 11.8 Å². The summed E-state index contributed by atoms with van der Waals surface area (Å²) in [5, 5.41) is 0. The molecule has 128 valence electrons. The summed E-state index contributed by atoms with van der Waals surface area (Å²) < 4.78 is 0. The van der Waals surface area contributed by atoms with Gasteiger partial charge < -0.3 is 14.7 Å². The van der Waals surface area contributed by atoms with E-state index in [4.69, 9.17) is 0 Å². The van der Waals surface area contributed by atoms with E-state index in [-0.39, 0.29) is 5.54 Å². The van der Waals surface area contributed by atoms with Gasteiger partial charge in [0.1, 0.15) is 0 Å². The topological polar surface area (TPSA) is 43.9 Å². The molecule has 1 spiro atoms. The highest BCUT2D eigenvalue weighted by atomic mass is 16.2. The minimum atomic E-state index is 0.0527. The molecule has 4 fully saturated rings. The number of likely N-dealkylation sites (tertiary alicyclic amines) is 3. The number of nitrogens with zero attached hydrogens (tertiary/aromatic N) is 3. The predicted molar refractivity (Wildman–Crippen MR) is 87.9 cm³/mol. The highest BCUT2D eigenvalue weighted by molar-refractivity contribution is 5.82. The fourth-order valence-corrected chi connectivity index (χ4v) is 4.74. The maximum Gasteiger partial charge on any atom is 0.225 e. The zero-order chi connectivity index (χ0) is 15.9. The molecule has 23 heavy (non-hydrogen) atoms. The summed E-state index contributed by atoms with van der Waals surface area (Å²) in [5.41, 5.74) is 0.0527. The molecule has 5 nitrogen and oxygen atoms in total. The van der Waals surface area contributed by atoms with Crippen LogP contribution < -0.4 is 0 Å². The van der Waals surface area contributed by atoms with Gasteiger partial charge in [-0.25, -0.2) is 0 Å². The molecule has 4 aliphatic rings. The van der Waals surface area contributed by atoms with E-state index in [1.807, 2.05) is 0 Å². The number of carbonyl (C=O) groups is 2. The summed E-state index contributed by atoms with van der Waals surface area (Å²) in [4.78, 5) is 31.4. The van der Waals surface area contributed by atoms with Gasteiger partial charge >= 0.3 is 0 Å². The summed E-state index contributed by atoms with van der Waals surface area (Å²) in [5.74, 6) is 1.03. The molecule has 2 amide bonds. The van der Waals surface area contributed by atoms with Crippen molar-refractivity contribution in [3.63, 3.8) is 0 Å². The number of amides is 2. The Morgan fingerprint density at radius 2 is 1.70 bits per heavy atom. The summed E-state index contributed by atoms with van der Waals surface area (Å²) in [6.07, 6.45) is 8.44. The minimum Gasteiger partial charge on any atom is -0.342 e. The lowest BCUT2D eigenvalue weighted by atomic mass is 9.84. The van der Waals surface area contributed by atoms with Gasteiger partial charge in [0.05, 0.1) is 0 Å². The molecule has 4 rings (SSSR count). The molecule has 1 aliphatic carbocycles. The van der Waals surface area contributed by atoms with Crippen molar-refractivity contribution in [2.75, 3.05) is 39.3 Å². The molecule has 0 N–H and O–H groups in total. The molecule has 3 heterocycles. The monoisotopic (exact) mass is 319 g/mol. The van der Waals surface area contributed by atoms with Crippen molar-refractivity contribution in [2.24, 2.45) is 5.92 Å². The first-order valence-corrected chi connectivity index (χ1v) is 9.50. The van der Waals surface area contributed by atoms with E-state index in [0.29, 0.717) is 24.2 Å². The maximum atomic E-state index is 12.4. The average molecular weight is 319 g/mol. The molecule has 0 atom stereocenters. The summed E-state index contributed by atoms with van der Waals surface area (Å²) in [7, 11) is 0. The largest absolute Gasteiger partial charge is 0.342 e. The lowest BCUT2D eigenvalue weighted by Crippen LogP contribution is -2.55. The molecule has 5 heteroatoms. The minimum absolute atomic E-state index is 0.0527. The van der Waals surface area contributed by atoms with Crippen LogP contribution in [0.2, 0.25) is 0 Å². The normalized spacial score (nSPS) is 28.1. The van der Waals surface area contributed by atoms with Gasteiger partial charge in [-0.05, 0) is 58.0 Å². The van der Waals surface area contributed by atoms with Gasteiger partial charge in [0.15, 0.2) is 0 Å². The Bertz CT molecular complexity index is 475. The fraction of sp³-hybridized carbons (Fsp3) is 0.889. The fourth-order valence-electron chi connectivity index (χ4n) is 4.74. The molecule has 0 bridgehead atoms. The van der Waals surface area contributed by atoms with Crippen molar-refractivity contribution in [3.05, 3.63) is 0 Å². The Morgan fingerprint density at radius 1 is 1.00 bits per heavy atom. The summed E-state index contributed by atoms with van der Waals surface area (Å²) >= 11 is 0. The van der Waals surface area contributed by atoms with E-state index >= 15 is 0 Å². The lowest BCUT2D eigenvalue weighted by molar-refractivity contribution is -0.137. The Kier molecular flexibility index (Phi) is 4.08. The van der Waals surface area contributed by atoms with Gasteiger partial charge in [0.25, 0.3) is 0 Å². The van der Waals surface area contributed by atoms with E-state index in [9.17, 15) is 9.59 Å². The highest BCUT2D eigenvalue weighted by Gasteiger charge is 2.48. The van der Waals surface area contributed by atoms with Crippen LogP contribution in [0.15, 0.2) is 0 Å². The van der Waals surface area contributed by atoms with Gasteiger partial charge in [-0.1, -0.05) is 0 Å². The van der Waals surface area contributed by atoms with Gasteiger partial charge in [0, 0.05) is 44.1 Å². The van der Waals surface area contributed by atoms with E-state index in [1.54, 1.807) is 0 Å². The van der Waals surface area contributed by atoms with Crippen LogP contribution in [0.5, 0.6) is 0 Å². The quantitative estimate of drug-likeness (QED) is 0.788. The molecule has 0 unspecified atom stereocenters. The Labute approximate surface area is 139 Å². The molecule has 3 saturated heterocycles. The summed E-state index contributed by atoms with van der Waals surface area (Å²) in [6.45, 7) is 6.00. The number of hydrogen-bond acceptors (Lipinski definition) is 3. The van der Waals surface area contributed by atoms with E-state index in [1.165, 1.54) is 25.9 Å². The summed E-state index contributed by atoms with van der Waals surface area (Å²) in [6, 6.07) is 0. The molecule has 0 aromatic heterocycles.